The molecule has 0 spiro atoms. The minimum atomic E-state index is -0.532. The lowest BCUT2D eigenvalue weighted by molar-refractivity contribution is 0.0224. The highest BCUT2D eigenvalue weighted by Crippen LogP contribution is 2.39. The third kappa shape index (κ3) is 20.6. The van der Waals surface area contributed by atoms with E-state index in [4.69, 9.17) is 40.4 Å². The maximum Gasteiger partial charge on any atom is 0.410 e. The summed E-state index contributed by atoms with van der Waals surface area (Å²) >= 11 is 0. The Morgan fingerprint density at radius 3 is 1.12 bits per heavy atom. The molecule has 3 heterocycles. The summed E-state index contributed by atoms with van der Waals surface area (Å²) in [4.78, 5) is 51.7. The predicted octanol–water partition coefficient (Wildman–Crippen LogP) is 17.3. The van der Waals surface area contributed by atoms with Crippen molar-refractivity contribution in [3.63, 3.8) is 0 Å². The molecule has 9 aromatic rings. The first-order chi connectivity index (χ1) is 48.2. The van der Waals surface area contributed by atoms with Crippen molar-refractivity contribution in [3.8, 4) is 73.9 Å². The molecule has 18 heteroatoms. The zero-order chi connectivity index (χ0) is 70.6. The lowest BCUT2D eigenvalue weighted by atomic mass is 10.0. The van der Waals surface area contributed by atoms with Gasteiger partial charge < -0.3 is 66.2 Å². The number of anilines is 3. The molecule has 3 aliphatic heterocycles. The van der Waals surface area contributed by atoms with Crippen LogP contribution in [0.25, 0.3) is 33.4 Å². The number of nitrogens with two attached hydrogens (primary N) is 2. The first-order valence-electron chi connectivity index (χ1n) is 34.1. The number of hydrogen-bond acceptors (Lipinski definition) is 14. The highest BCUT2D eigenvalue weighted by molar-refractivity contribution is 5.93. The third-order valence-electron chi connectivity index (χ3n) is 17.0. The molecule has 100 heavy (non-hydrogen) atoms. The molecule has 3 saturated heterocycles. The molecule has 0 bridgehead atoms. The lowest BCUT2D eigenvalue weighted by Gasteiger charge is -2.29. The lowest BCUT2D eigenvalue weighted by Crippen LogP contribution is -2.42. The summed E-state index contributed by atoms with van der Waals surface area (Å²) < 4.78 is 29.9. The zero-order valence-electron chi connectivity index (χ0n) is 57.7. The molecule has 3 fully saturated rings. The van der Waals surface area contributed by atoms with Crippen molar-refractivity contribution in [2.75, 3.05) is 55.2 Å². The molecule has 0 saturated carbocycles. The van der Waals surface area contributed by atoms with Crippen LogP contribution in [0, 0.1) is 11.3 Å². The van der Waals surface area contributed by atoms with Gasteiger partial charge >= 0.3 is 12.2 Å². The average Bonchev–Trinajstić information content (AvgIpc) is 1.08. The van der Waals surface area contributed by atoms with Gasteiger partial charge in [0.15, 0.2) is 17.2 Å². The van der Waals surface area contributed by atoms with Crippen LogP contribution < -0.4 is 46.9 Å². The van der Waals surface area contributed by atoms with E-state index in [1.165, 1.54) is 12.8 Å². The zero-order valence-corrected chi connectivity index (χ0v) is 57.7. The Morgan fingerprint density at radius 2 is 0.800 bits per heavy atom. The molecular weight excluding hydrogens is 1250 g/mol. The van der Waals surface area contributed by atoms with E-state index >= 15 is 0 Å². The van der Waals surface area contributed by atoms with Crippen molar-refractivity contribution in [2.24, 2.45) is 11.5 Å². The summed E-state index contributed by atoms with van der Waals surface area (Å²) in [5.74, 6) is 3.02. The number of nitriles is 1. The molecule has 516 valence electrons. The molecule has 0 unspecified atom stereocenters. The number of nitrogens with zero attached hydrogens (tertiary/aromatic N) is 3. The summed E-state index contributed by atoms with van der Waals surface area (Å²) in [6, 6.07) is 72.0. The second kappa shape index (κ2) is 33.8. The number of carbonyl (C=O) groups is 4. The monoisotopic (exact) mass is 1340 g/mol. The molecule has 12 rings (SSSR count). The van der Waals surface area contributed by atoms with Gasteiger partial charge in [0, 0.05) is 49.9 Å². The minimum absolute atomic E-state index is 0.0244. The Labute approximate surface area is 586 Å². The summed E-state index contributed by atoms with van der Waals surface area (Å²) in [5, 5.41) is 23.1. The van der Waals surface area contributed by atoms with E-state index in [1.807, 2.05) is 150 Å². The van der Waals surface area contributed by atoms with Crippen LogP contribution in [-0.4, -0.2) is 102 Å². The van der Waals surface area contributed by atoms with Crippen LogP contribution in [0.15, 0.2) is 218 Å². The van der Waals surface area contributed by atoms with E-state index in [-0.39, 0.29) is 24.3 Å². The molecule has 9 aromatic carbocycles. The number of ether oxygens (including phenoxy) is 5. The first-order valence-corrected chi connectivity index (χ1v) is 34.1. The van der Waals surface area contributed by atoms with Crippen LogP contribution in [0.1, 0.15) is 106 Å². The smallest absolute Gasteiger partial charge is 0.410 e. The van der Waals surface area contributed by atoms with E-state index < -0.39 is 23.0 Å². The van der Waals surface area contributed by atoms with Gasteiger partial charge in [-0.2, -0.15) is 5.26 Å². The summed E-state index contributed by atoms with van der Waals surface area (Å²) in [6.45, 7) is 15.8. The third-order valence-corrected chi connectivity index (χ3v) is 17.0. The van der Waals surface area contributed by atoms with Gasteiger partial charge in [0.1, 0.15) is 28.5 Å². The number of amides is 4. The standard InChI is InChI=1S/C29H33N3O4.C29H31N3O3.C24H25N3O2/c1-29(2,3)36-28(34)32-17-7-10-23(32)19-31-25-16-13-22(20-8-5-4-6-9-20)18-26(25)35-24-14-11-21(12-15-24)27(30)33;1-29(2,3)35-28(33)32-17-7-10-24(32)20-31-26-16-13-23(22-8-5-4-6-9-22)18-27(26)34-25-14-11-21(19-30)12-15-25;25-24(28)18-8-11-21(12-9-18)29-23-15-19(17-5-2-1-3-6-17)10-13-22(23)27-16-20-7-4-14-26-20/h4-6,8-9,11-16,18,23,31H,7,10,17,19H2,1-3H3,(H2,30,33);4-6,8-9,11-16,18,24,31H,7,10,17,20H2,1-3H3;1-3,5-6,8-13,15,20,26-27H,4,7,14,16H2,(H2,25,28)/t23-;24-;20-/m000/s1. The van der Waals surface area contributed by atoms with Crippen molar-refractivity contribution in [1.29, 1.82) is 5.26 Å². The fraction of sp³-hybridized carbons (Fsp3) is 0.280. The Bertz CT molecular complexity index is 4230. The Balaban J connectivity index is 0.000000163. The Morgan fingerprint density at radius 1 is 0.450 bits per heavy atom. The van der Waals surface area contributed by atoms with E-state index in [0.717, 1.165) is 95.0 Å². The second-order valence-corrected chi connectivity index (χ2v) is 26.8. The maximum atomic E-state index is 12.7. The van der Waals surface area contributed by atoms with Crippen LogP contribution in [0.3, 0.4) is 0 Å². The summed E-state index contributed by atoms with van der Waals surface area (Å²) in [5.41, 5.74) is 20.1. The van der Waals surface area contributed by atoms with Crippen molar-refractivity contribution in [3.05, 3.63) is 235 Å². The highest BCUT2D eigenvalue weighted by atomic mass is 16.6. The fourth-order valence-corrected chi connectivity index (χ4v) is 11.9. The number of nitrogens with one attached hydrogen (secondary N) is 4. The first kappa shape index (κ1) is 71.5. The van der Waals surface area contributed by atoms with Crippen LogP contribution in [0.2, 0.25) is 0 Å². The van der Waals surface area contributed by atoms with Gasteiger partial charge in [-0.1, -0.05) is 109 Å². The molecule has 0 aliphatic carbocycles. The van der Waals surface area contributed by atoms with Crippen LogP contribution in [-0.2, 0) is 9.47 Å². The number of carbonyl (C=O) groups excluding carboxylic acids is 4. The Kier molecular flexibility index (Phi) is 24.2. The van der Waals surface area contributed by atoms with Crippen molar-refractivity contribution >= 4 is 41.1 Å². The number of primary amides is 2. The van der Waals surface area contributed by atoms with Gasteiger partial charge in [-0.25, -0.2) is 9.59 Å². The highest BCUT2D eigenvalue weighted by Gasteiger charge is 2.34. The van der Waals surface area contributed by atoms with Gasteiger partial charge in [-0.15, -0.1) is 0 Å². The van der Waals surface area contributed by atoms with Gasteiger partial charge in [-0.05, 0) is 229 Å². The van der Waals surface area contributed by atoms with Gasteiger partial charge in [0.2, 0.25) is 11.8 Å². The van der Waals surface area contributed by atoms with Gasteiger partial charge in [-0.3, -0.25) is 9.59 Å². The molecule has 3 aliphatic rings. The summed E-state index contributed by atoms with van der Waals surface area (Å²) in [7, 11) is 0. The van der Waals surface area contributed by atoms with E-state index in [9.17, 15) is 19.2 Å². The normalized spacial score (nSPS) is 15.5. The van der Waals surface area contributed by atoms with E-state index in [0.29, 0.717) is 77.7 Å². The Hall–Kier alpha value is -11.3. The molecule has 0 aromatic heterocycles. The van der Waals surface area contributed by atoms with Crippen LogP contribution in [0.4, 0.5) is 26.7 Å². The minimum Gasteiger partial charge on any atom is -0.455 e. The SMILES string of the molecule is CC(C)(C)OC(=O)N1CCC[C@H]1CNc1ccc(-c2ccccc2)cc1Oc1ccc(C#N)cc1.CC(C)(C)OC(=O)N1CCC[C@H]1CNc1ccc(-c2ccccc2)cc1Oc1ccc(C(N)=O)cc1.NC(=O)c1ccc(Oc2cc(-c3ccccc3)ccc2NC[C@@H]2CCCN2)cc1. The quantitative estimate of drug-likeness (QED) is 0.0416. The van der Waals surface area contributed by atoms with Crippen molar-refractivity contribution < 1.29 is 42.9 Å². The van der Waals surface area contributed by atoms with E-state index in [1.54, 1.807) is 77.7 Å². The van der Waals surface area contributed by atoms with Crippen molar-refractivity contribution in [1.82, 2.24) is 15.1 Å². The topological polar surface area (TPSA) is 245 Å². The maximum absolute atomic E-state index is 12.7. The van der Waals surface area contributed by atoms with E-state index in [2.05, 4.69) is 69.8 Å². The number of hydrogen-bond donors (Lipinski definition) is 6. The predicted molar refractivity (Wildman–Crippen MR) is 395 cm³/mol. The molecule has 3 atom stereocenters. The second-order valence-electron chi connectivity index (χ2n) is 26.8. The summed E-state index contributed by atoms with van der Waals surface area (Å²) in [6.07, 6.45) is 5.56. The fourth-order valence-electron chi connectivity index (χ4n) is 11.9. The number of likely N-dealkylation sites (tertiary alicyclic amines) is 2. The molecule has 18 nitrogen and oxygen atoms in total. The molecule has 4 amide bonds. The molecule has 0 radical (unpaired) electrons. The van der Waals surface area contributed by atoms with Gasteiger partial charge in [0.05, 0.1) is 40.8 Å². The number of benzene rings is 9. The largest absolute Gasteiger partial charge is 0.455 e. The van der Waals surface area contributed by atoms with Crippen LogP contribution in [0.5, 0.6) is 34.5 Å². The average molecular weight is 1340 g/mol. The van der Waals surface area contributed by atoms with Gasteiger partial charge in [0.25, 0.3) is 0 Å². The molecular formula is C82H89N9O9. The molecule has 8 N–H and O–H groups in total. The van der Waals surface area contributed by atoms with Crippen LogP contribution >= 0.6 is 0 Å². The van der Waals surface area contributed by atoms with Crippen molar-refractivity contribution in [2.45, 2.75) is 109 Å². The number of rotatable bonds is 20.